The van der Waals surface area contributed by atoms with E-state index in [9.17, 15) is 18.0 Å². The second-order valence-electron chi connectivity index (χ2n) is 6.46. The van der Waals surface area contributed by atoms with Gasteiger partial charge < -0.3 is 14.8 Å². The molecule has 156 valence electrons. The summed E-state index contributed by atoms with van der Waals surface area (Å²) in [5.74, 6) is 1.09. The Bertz CT molecular complexity index is 893. The molecule has 2 heterocycles. The van der Waals surface area contributed by atoms with Crippen molar-refractivity contribution in [2.24, 2.45) is 0 Å². The summed E-state index contributed by atoms with van der Waals surface area (Å²) in [5, 5.41) is 2.78. The Hall–Kier alpha value is -2.49. The van der Waals surface area contributed by atoms with E-state index in [0.29, 0.717) is 17.1 Å². The molecule has 1 aromatic heterocycles. The number of nitrogens with zero attached hydrogens (tertiary/aromatic N) is 2. The fourth-order valence-electron chi connectivity index (χ4n) is 2.52. The van der Waals surface area contributed by atoms with Crippen LogP contribution in [0.4, 0.5) is 13.2 Å². The van der Waals surface area contributed by atoms with Crippen molar-refractivity contribution in [2.75, 3.05) is 12.5 Å². The minimum atomic E-state index is -4.61. The number of hydrogen-bond acceptors (Lipinski definition) is 6. The SMILES string of the molecule is CC[C@H](C)NC(=O)CCSc1nc(-c2ccc3c(c2)OCO3)cc(C(F)(F)F)n1. The first-order chi connectivity index (χ1) is 13.8. The van der Waals surface area contributed by atoms with Crippen LogP contribution in [0.25, 0.3) is 11.3 Å². The van der Waals surface area contributed by atoms with Crippen LogP contribution in [0, 0.1) is 0 Å². The zero-order valence-electron chi connectivity index (χ0n) is 15.9. The Morgan fingerprint density at radius 2 is 2.00 bits per heavy atom. The van der Waals surface area contributed by atoms with Crippen molar-refractivity contribution < 1.29 is 27.4 Å². The van der Waals surface area contributed by atoms with Gasteiger partial charge in [0.15, 0.2) is 16.7 Å². The molecule has 1 aliphatic rings. The first-order valence-electron chi connectivity index (χ1n) is 9.04. The molecule has 0 radical (unpaired) electrons. The second-order valence-corrected chi connectivity index (χ2v) is 7.52. The van der Waals surface area contributed by atoms with E-state index >= 15 is 0 Å². The zero-order valence-corrected chi connectivity index (χ0v) is 16.7. The quantitative estimate of drug-likeness (QED) is 0.525. The smallest absolute Gasteiger partial charge is 0.433 e. The lowest BCUT2D eigenvalue weighted by molar-refractivity contribution is -0.141. The average molecular weight is 427 g/mol. The predicted molar refractivity (Wildman–Crippen MR) is 102 cm³/mol. The summed E-state index contributed by atoms with van der Waals surface area (Å²) in [6.45, 7) is 3.91. The topological polar surface area (TPSA) is 73.3 Å². The molecule has 3 rings (SSSR count). The molecule has 0 aliphatic carbocycles. The number of fused-ring (bicyclic) bond motifs is 1. The molecular formula is C19H20F3N3O3S. The average Bonchev–Trinajstić information content (AvgIpc) is 3.14. The summed E-state index contributed by atoms with van der Waals surface area (Å²) < 4.78 is 50.4. The number of carbonyl (C=O) groups is 1. The lowest BCUT2D eigenvalue weighted by atomic mass is 10.1. The first kappa shape index (κ1) is 21.2. The monoisotopic (exact) mass is 427 g/mol. The third-order valence-corrected chi connectivity index (χ3v) is 5.09. The molecule has 0 bridgehead atoms. The fourth-order valence-corrected chi connectivity index (χ4v) is 3.32. The summed E-state index contributed by atoms with van der Waals surface area (Å²) in [5.41, 5.74) is -0.456. The van der Waals surface area contributed by atoms with E-state index < -0.39 is 11.9 Å². The van der Waals surface area contributed by atoms with Crippen molar-refractivity contribution >= 4 is 17.7 Å². The van der Waals surface area contributed by atoms with Crippen LogP contribution in [0.1, 0.15) is 32.4 Å². The van der Waals surface area contributed by atoms with Crippen LogP contribution in [-0.2, 0) is 11.0 Å². The molecule has 6 nitrogen and oxygen atoms in total. The molecule has 1 atom stereocenters. The highest BCUT2D eigenvalue weighted by Crippen LogP contribution is 2.37. The fraction of sp³-hybridized carbons (Fsp3) is 0.421. The molecule has 0 spiro atoms. The number of carbonyl (C=O) groups excluding carboxylic acids is 1. The number of rotatable bonds is 7. The summed E-state index contributed by atoms with van der Waals surface area (Å²) in [6, 6.07) is 5.77. The van der Waals surface area contributed by atoms with Gasteiger partial charge in [-0.1, -0.05) is 18.7 Å². The van der Waals surface area contributed by atoms with Crippen LogP contribution < -0.4 is 14.8 Å². The molecular weight excluding hydrogens is 407 g/mol. The third kappa shape index (κ3) is 5.53. The van der Waals surface area contributed by atoms with E-state index in [4.69, 9.17) is 9.47 Å². The summed E-state index contributed by atoms with van der Waals surface area (Å²) in [6.07, 6.45) is -3.65. The van der Waals surface area contributed by atoms with Gasteiger partial charge in [-0.15, -0.1) is 0 Å². The number of amides is 1. The van der Waals surface area contributed by atoms with Crippen LogP contribution in [0.3, 0.4) is 0 Å². The number of thioether (sulfide) groups is 1. The molecule has 1 amide bonds. The molecule has 10 heteroatoms. The standard InChI is InChI=1S/C19H20F3N3O3S/c1-3-11(2)23-17(26)6-7-29-18-24-13(9-16(25-18)19(20,21)22)12-4-5-14-15(8-12)28-10-27-14/h4-5,8-9,11H,3,6-7,10H2,1-2H3,(H,23,26)/t11-/m0/s1. The van der Waals surface area contributed by atoms with Crippen molar-refractivity contribution in [3.8, 4) is 22.8 Å². The minimum absolute atomic E-state index is 0.0381. The van der Waals surface area contributed by atoms with Crippen molar-refractivity contribution in [3.63, 3.8) is 0 Å². The Kier molecular flexibility index (Phi) is 6.51. The van der Waals surface area contributed by atoms with E-state index in [-0.39, 0.29) is 41.8 Å². The van der Waals surface area contributed by atoms with E-state index in [2.05, 4.69) is 15.3 Å². The van der Waals surface area contributed by atoms with Gasteiger partial charge >= 0.3 is 6.18 Å². The Balaban J connectivity index is 1.78. The highest BCUT2D eigenvalue weighted by molar-refractivity contribution is 7.99. The van der Waals surface area contributed by atoms with Gasteiger partial charge in [0.05, 0.1) is 5.69 Å². The van der Waals surface area contributed by atoms with Crippen LogP contribution >= 0.6 is 11.8 Å². The van der Waals surface area contributed by atoms with E-state index in [1.54, 1.807) is 18.2 Å². The van der Waals surface area contributed by atoms with Gasteiger partial charge in [0.1, 0.15) is 5.69 Å². The lowest BCUT2D eigenvalue weighted by Crippen LogP contribution is -2.32. The number of alkyl halides is 3. The number of hydrogen-bond donors (Lipinski definition) is 1. The highest BCUT2D eigenvalue weighted by Gasteiger charge is 2.34. The van der Waals surface area contributed by atoms with Gasteiger partial charge in [0.2, 0.25) is 12.7 Å². The van der Waals surface area contributed by atoms with Crippen molar-refractivity contribution in [2.45, 2.75) is 44.1 Å². The number of ether oxygens (including phenoxy) is 2. The first-order valence-corrected chi connectivity index (χ1v) is 10.0. The normalized spacial score (nSPS) is 14.0. The maximum Gasteiger partial charge on any atom is 0.433 e. The van der Waals surface area contributed by atoms with Crippen LogP contribution in [0.15, 0.2) is 29.4 Å². The van der Waals surface area contributed by atoms with E-state index in [0.717, 1.165) is 24.2 Å². The molecule has 1 aromatic carbocycles. The molecule has 2 aromatic rings. The Morgan fingerprint density at radius 1 is 1.24 bits per heavy atom. The molecule has 0 saturated heterocycles. The van der Waals surface area contributed by atoms with Crippen molar-refractivity contribution in [3.05, 3.63) is 30.0 Å². The lowest BCUT2D eigenvalue weighted by Gasteiger charge is -2.12. The summed E-state index contributed by atoms with van der Waals surface area (Å²) in [4.78, 5) is 19.7. The number of halogens is 3. The zero-order chi connectivity index (χ0) is 21.0. The maximum atomic E-state index is 13.3. The summed E-state index contributed by atoms with van der Waals surface area (Å²) in [7, 11) is 0. The van der Waals surface area contributed by atoms with Crippen LogP contribution in [-0.4, -0.2) is 34.5 Å². The maximum absolute atomic E-state index is 13.3. The van der Waals surface area contributed by atoms with Crippen molar-refractivity contribution in [1.29, 1.82) is 0 Å². The summed E-state index contributed by atoms with van der Waals surface area (Å²) >= 11 is 1.01. The van der Waals surface area contributed by atoms with Gasteiger partial charge in [0.25, 0.3) is 0 Å². The number of nitrogens with one attached hydrogen (secondary N) is 1. The Morgan fingerprint density at radius 3 is 2.72 bits per heavy atom. The highest BCUT2D eigenvalue weighted by atomic mass is 32.2. The van der Waals surface area contributed by atoms with Gasteiger partial charge in [-0.05, 0) is 37.6 Å². The van der Waals surface area contributed by atoms with E-state index in [1.165, 1.54) is 0 Å². The predicted octanol–water partition coefficient (Wildman–Crippen LogP) is 4.29. The molecule has 29 heavy (non-hydrogen) atoms. The van der Waals surface area contributed by atoms with Crippen LogP contribution in [0.5, 0.6) is 11.5 Å². The van der Waals surface area contributed by atoms with Crippen LogP contribution in [0.2, 0.25) is 0 Å². The van der Waals surface area contributed by atoms with Gasteiger partial charge in [-0.3, -0.25) is 4.79 Å². The van der Waals surface area contributed by atoms with Crippen molar-refractivity contribution in [1.82, 2.24) is 15.3 Å². The van der Waals surface area contributed by atoms with Gasteiger partial charge in [0, 0.05) is 23.8 Å². The third-order valence-electron chi connectivity index (χ3n) is 4.24. The molecule has 0 unspecified atom stereocenters. The molecule has 1 aliphatic heterocycles. The molecule has 0 fully saturated rings. The number of benzene rings is 1. The molecule has 0 saturated carbocycles. The number of aromatic nitrogens is 2. The molecule has 1 N–H and O–H groups in total. The van der Waals surface area contributed by atoms with E-state index in [1.807, 2.05) is 13.8 Å². The van der Waals surface area contributed by atoms with Gasteiger partial charge in [-0.2, -0.15) is 13.2 Å². The second kappa shape index (κ2) is 8.89. The largest absolute Gasteiger partial charge is 0.454 e. The Labute approximate surface area is 170 Å². The van der Waals surface area contributed by atoms with Gasteiger partial charge in [-0.25, -0.2) is 9.97 Å². The minimum Gasteiger partial charge on any atom is -0.454 e.